The van der Waals surface area contributed by atoms with Crippen LogP contribution in [0, 0.1) is 6.92 Å². The molecular formula is C18H18N2O3S. The molecule has 0 fully saturated rings. The molecule has 5 nitrogen and oxygen atoms in total. The Balaban J connectivity index is 1.74. The second-order valence-electron chi connectivity index (χ2n) is 5.62. The summed E-state index contributed by atoms with van der Waals surface area (Å²) >= 11 is 1.16. The number of para-hydroxylation sites is 1. The molecule has 0 radical (unpaired) electrons. The number of fused-ring (bicyclic) bond motifs is 1. The molecule has 1 amide bonds. The Hall–Kier alpha value is -2.60. The fraction of sp³-hybridized carbons (Fsp3) is 0.222. The lowest BCUT2D eigenvalue weighted by atomic mass is 10.2. The van der Waals surface area contributed by atoms with Crippen LogP contribution < -0.4 is 14.9 Å². The monoisotopic (exact) mass is 342 g/mol. The third kappa shape index (κ3) is 3.19. The fourth-order valence-corrected chi connectivity index (χ4v) is 3.31. The Morgan fingerprint density at radius 1 is 1.25 bits per heavy atom. The third-order valence-corrected chi connectivity index (χ3v) is 4.82. The number of amides is 1. The Morgan fingerprint density at radius 3 is 2.75 bits per heavy atom. The SMILES string of the molecule is Cc1ccccc1OC(C)C(=O)Nc1ccc2c(c1)sc(=O)n2C. The smallest absolute Gasteiger partial charge is 0.307 e. The van der Waals surface area contributed by atoms with Crippen LogP contribution in [0.3, 0.4) is 0 Å². The molecule has 1 N–H and O–H groups in total. The van der Waals surface area contributed by atoms with Crippen LogP contribution in [0.1, 0.15) is 12.5 Å². The average Bonchev–Trinajstić information content (AvgIpc) is 2.83. The zero-order valence-electron chi connectivity index (χ0n) is 13.7. The van der Waals surface area contributed by atoms with E-state index in [1.165, 1.54) is 0 Å². The number of benzene rings is 2. The van der Waals surface area contributed by atoms with Gasteiger partial charge in [-0.3, -0.25) is 9.59 Å². The van der Waals surface area contributed by atoms with Crippen molar-refractivity contribution in [1.82, 2.24) is 4.57 Å². The third-order valence-electron chi connectivity index (χ3n) is 3.83. The van der Waals surface area contributed by atoms with E-state index in [4.69, 9.17) is 4.74 Å². The Kier molecular flexibility index (Phi) is 4.40. The van der Waals surface area contributed by atoms with Gasteiger partial charge in [0.25, 0.3) is 5.91 Å². The number of carbonyl (C=O) groups is 1. The quantitative estimate of drug-likeness (QED) is 0.791. The number of nitrogens with zero attached hydrogens (tertiary/aromatic N) is 1. The molecule has 3 aromatic rings. The number of anilines is 1. The number of rotatable bonds is 4. The van der Waals surface area contributed by atoms with Crippen molar-refractivity contribution < 1.29 is 9.53 Å². The molecule has 124 valence electrons. The highest BCUT2D eigenvalue weighted by Crippen LogP contribution is 2.22. The first-order chi connectivity index (χ1) is 11.5. The molecule has 1 unspecified atom stereocenters. The topological polar surface area (TPSA) is 60.3 Å². The second kappa shape index (κ2) is 6.49. The molecule has 24 heavy (non-hydrogen) atoms. The molecule has 0 spiro atoms. The van der Waals surface area contributed by atoms with Crippen molar-refractivity contribution in [2.45, 2.75) is 20.0 Å². The standard InChI is InChI=1S/C18H18N2O3S/c1-11-6-4-5-7-15(11)23-12(2)17(21)19-13-8-9-14-16(10-13)24-18(22)20(14)3/h4-10,12H,1-3H3,(H,19,21). The van der Waals surface area contributed by atoms with Crippen LogP contribution in [0.4, 0.5) is 5.69 Å². The van der Waals surface area contributed by atoms with E-state index in [0.717, 1.165) is 27.1 Å². The summed E-state index contributed by atoms with van der Waals surface area (Å²) in [4.78, 5) is 24.0. The first-order valence-electron chi connectivity index (χ1n) is 7.58. The Bertz CT molecular complexity index is 958. The molecule has 0 aliphatic carbocycles. The summed E-state index contributed by atoms with van der Waals surface area (Å²) in [6, 6.07) is 13.0. The van der Waals surface area contributed by atoms with Gasteiger partial charge in [0.2, 0.25) is 0 Å². The lowest BCUT2D eigenvalue weighted by Gasteiger charge is -2.16. The summed E-state index contributed by atoms with van der Waals surface area (Å²) in [6.45, 7) is 3.65. The molecule has 0 aliphatic rings. The highest BCUT2D eigenvalue weighted by Gasteiger charge is 2.16. The molecule has 3 rings (SSSR count). The van der Waals surface area contributed by atoms with Crippen molar-refractivity contribution in [1.29, 1.82) is 0 Å². The number of aryl methyl sites for hydroxylation is 2. The summed E-state index contributed by atoms with van der Waals surface area (Å²) < 4.78 is 8.16. The van der Waals surface area contributed by atoms with Crippen LogP contribution in [0.15, 0.2) is 47.3 Å². The number of carbonyl (C=O) groups excluding carboxylic acids is 1. The number of hydrogen-bond acceptors (Lipinski definition) is 4. The zero-order chi connectivity index (χ0) is 17.3. The normalized spacial score (nSPS) is 12.1. The van der Waals surface area contributed by atoms with Gasteiger partial charge in [-0.1, -0.05) is 29.5 Å². The fourth-order valence-electron chi connectivity index (χ4n) is 2.39. The summed E-state index contributed by atoms with van der Waals surface area (Å²) in [7, 11) is 1.73. The van der Waals surface area contributed by atoms with Gasteiger partial charge in [-0.25, -0.2) is 0 Å². The highest BCUT2D eigenvalue weighted by molar-refractivity contribution is 7.16. The molecule has 1 aromatic heterocycles. The van der Waals surface area contributed by atoms with E-state index in [2.05, 4.69) is 5.32 Å². The second-order valence-corrected chi connectivity index (χ2v) is 6.62. The molecule has 0 saturated carbocycles. The highest BCUT2D eigenvalue weighted by atomic mass is 32.1. The average molecular weight is 342 g/mol. The lowest BCUT2D eigenvalue weighted by Crippen LogP contribution is -2.30. The van der Waals surface area contributed by atoms with Gasteiger partial charge >= 0.3 is 4.87 Å². The van der Waals surface area contributed by atoms with Gasteiger partial charge in [-0.2, -0.15) is 0 Å². The van der Waals surface area contributed by atoms with Crippen molar-refractivity contribution in [3.63, 3.8) is 0 Å². The van der Waals surface area contributed by atoms with Crippen molar-refractivity contribution in [2.24, 2.45) is 7.05 Å². The van der Waals surface area contributed by atoms with Gasteiger partial charge in [0.05, 0.1) is 10.2 Å². The minimum absolute atomic E-state index is 0.0234. The number of aromatic nitrogens is 1. The van der Waals surface area contributed by atoms with E-state index >= 15 is 0 Å². The van der Waals surface area contributed by atoms with Gasteiger partial charge in [-0.05, 0) is 43.7 Å². The van der Waals surface area contributed by atoms with E-state index in [0.29, 0.717) is 11.4 Å². The molecule has 0 aliphatic heterocycles. The van der Waals surface area contributed by atoms with E-state index in [9.17, 15) is 9.59 Å². The molecule has 6 heteroatoms. The largest absolute Gasteiger partial charge is 0.481 e. The van der Waals surface area contributed by atoms with Crippen molar-refractivity contribution >= 4 is 33.1 Å². The summed E-state index contributed by atoms with van der Waals surface area (Å²) in [6.07, 6.45) is -0.628. The maximum absolute atomic E-state index is 12.3. The predicted octanol–water partition coefficient (Wildman–Crippen LogP) is 3.31. The number of nitrogens with one attached hydrogen (secondary N) is 1. The van der Waals surface area contributed by atoms with Gasteiger partial charge in [0.15, 0.2) is 6.10 Å². The van der Waals surface area contributed by atoms with Gasteiger partial charge in [0, 0.05) is 12.7 Å². The summed E-state index contributed by atoms with van der Waals surface area (Å²) in [5, 5.41) is 2.83. The lowest BCUT2D eigenvalue weighted by molar-refractivity contribution is -0.122. The van der Waals surface area contributed by atoms with Crippen molar-refractivity contribution in [2.75, 3.05) is 5.32 Å². The maximum Gasteiger partial charge on any atom is 0.307 e. The first kappa shape index (κ1) is 16.3. The Labute approximate surface area is 143 Å². The summed E-state index contributed by atoms with van der Waals surface area (Å²) in [5.41, 5.74) is 2.48. The molecule has 1 heterocycles. The van der Waals surface area contributed by atoms with Crippen LogP contribution in [0.5, 0.6) is 5.75 Å². The van der Waals surface area contributed by atoms with Crippen molar-refractivity contribution in [3.05, 3.63) is 57.7 Å². The number of thiazole rings is 1. The van der Waals surface area contributed by atoms with E-state index in [1.807, 2.05) is 37.3 Å². The van der Waals surface area contributed by atoms with Gasteiger partial charge in [-0.15, -0.1) is 0 Å². The van der Waals surface area contributed by atoms with E-state index in [-0.39, 0.29) is 10.8 Å². The van der Waals surface area contributed by atoms with Crippen LogP contribution in [-0.2, 0) is 11.8 Å². The number of ether oxygens (including phenoxy) is 1. The van der Waals surface area contributed by atoms with E-state index < -0.39 is 6.10 Å². The van der Waals surface area contributed by atoms with Crippen LogP contribution in [0.25, 0.3) is 10.2 Å². The zero-order valence-corrected chi connectivity index (χ0v) is 14.5. The number of hydrogen-bond donors (Lipinski definition) is 1. The maximum atomic E-state index is 12.3. The van der Waals surface area contributed by atoms with Crippen LogP contribution in [0.2, 0.25) is 0 Å². The molecule has 0 bridgehead atoms. The molecule has 0 saturated heterocycles. The van der Waals surface area contributed by atoms with Crippen molar-refractivity contribution in [3.8, 4) is 5.75 Å². The predicted molar refractivity (Wildman–Crippen MR) is 97.0 cm³/mol. The minimum Gasteiger partial charge on any atom is -0.481 e. The van der Waals surface area contributed by atoms with E-state index in [1.54, 1.807) is 30.7 Å². The molecule has 1 atom stereocenters. The van der Waals surface area contributed by atoms with Crippen LogP contribution in [-0.4, -0.2) is 16.6 Å². The van der Waals surface area contributed by atoms with Gasteiger partial charge in [0.1, 0.15) is 5.75 Å². The molecular weight excluding hydrogens is 324 g/mol. The first-order valence-corrected chi connectivity index (χ1v) is 8.40. The van der Waals surface area contributed by atoms with Gasteiger partial charge < -0.3 is 14.6 Å². The van der Waals surface area contributed by atoms with Crippen LogP contribution >= 0.6 is 11.3 Å². The minimum atomic E-state index is -0.628. The Morgan fingerprint density at radius 2 is 2.00 bits per heavy atom. The summed E-state index contributed by atoms with van der Waals surface area (Å²) in [5.74, 6) is 0.456. The molecule has 2 aromatic carbocycles.